The normalized spacial score (nSPS) is 10.4. The molecule has 2 aromatic heterocycles. The Balaban J connectivity index is 1.70. The zero-order valence-electron chi connectivity index (χ0n) is 14.4. The molecule has 0 aliphatic carbocycles. The summed E-state index contributed by atoms with van der Waals surface area (Å²) in [7, 11) is 0. The third-order valence-electron chi connectivity index (χ3n) is 3.56. The molecule has 2 heterocycles. The quantitative estimate of drug-likeness (QED) is 0.640. The van der Waals surface area contributed by atoms with Gasteiger partial charge in [0.15, 0.2) is 5.13 Å². The van der Waals surface area contributed by atoms with Crippen molar-refractivity contribution in [3.05, 3.63) is 71.0 Å². The summed E-state index contributed by atoms with van der Waals surface area (Å²) in [5, 5.41) is 2.31. The van der Waals surface area contributed by atoms with Gasteiger partial charge < -0.3 is 4.74 Å². The summed E-state index contributed by atoms with van der Waals surface area (Å²) >= 11 is 1.32. The number of hydrogen-bond acceptors (Lipinski definition) is 6. The largest absolute Gasteiger partial charge is 0.456 e. The van der Waals surface area contributed by atoms with Gasteiger partial charge in [-0.15, -0.1) is 11.3 Å². The van der Waals surface area contributed by atoms with Crippen LogP contribution in [-0.4, -0.2) is 21.8 Å². The van der Waals surface area contributed by atoms with Gasteiger partial charge >= 0.3 is 5.97 Å². The van der Waals surface area contributed by atoms with E-state index >= 15 is 0 Å². The Kier molecular flexibility index (Phi) is 5.38. The molecule has 0 radical (unpaired) electrons. The highest BCUT2D eigenvalue weighted by molar-refractivity contribution is 7.14. The first-order valence-electron chi connectivity index (χ1n) is 7.94. The van der Waals surface area contributed by atoms with Crippen LogP contribution in [0.3, 0.4) is 0 Å². The predicted octanol–water partition coefficient (Wildman–Crippen LogP) is 3.89. The van der Waals surface area contributed by atoms with Gasteiger partial charge in [0.2, 0.25) is 5.91 Å². The molecule has 0 aliphatic rings. The lowest BCUT2D eigenvalue weighted by atomic mass is 10.2. The number of carbonyl (C=O) groups is 2. The van der Waals surface area contributed by atoms with Gasteiger partial charge in [0, 0.05) is 24.2 Å². The van der Waals surface area contributed by atoms with E-state index in [2.05, 4.69) is 9.97 Å². The number of carbonyl (C=O) groups excluding carboxylic acids is 2. The Hall–Kier alpha value is -3.06. The molecule has 0 N–H and O–H groups in total. The highest BCUT2D eigenvalue weighted by Crippen LogP contribution is 2.28. The van der Waals surface area contributed by atoms with E-state index in [4.69, 9.17) is 4.74 Å². The lowest BCUT2D eigenvalue weighted by molar-refractivity contribution is -0.115. The van der Waals surface area contributed by atoms with Crippen LogP contribution in [-0.2, 0) is 16.1 Å². The average Bonchev–Trinajstić information content (AvgIpc) is 3.09. The van der Waals surface area contributed by atoms with Gasteiger partial charge in [-0.3, -0.25) is 14.7 Å². The van der Waals surface area contributed by atoms with Crippen molar-refractivity contribution in [2.24, 2.45) is 0 Å². The molecule has 0 aliphatic heterocycles. The molecule has 0 unspecified atom stereocenters. The topological polar surface area (TPSA) is 72.4 Å². The van der Waals surface area contributed by atoms with Crippen LogP contribution < -0.4 is 4.90 Å². The van der Waals surface area contributed by atoms with Gasteiger partial charge in [-0.2, -0.15) is 0 Å². The van der Waals surface area contributed by atoms with Crippen molar-refractivity contribution in [3.8, 4) is 0 Å². The number of pyridine rings is 1. The number of ether oxygens (including phenoxy) is 1. The highest BCUT2D eigenvalue weighted by Gasteiger charge is 2.18. The van der Waals surface area contributed by atoms with Crippen molar-refractivity contribution in [3.63, 3.8) is 0 Å². The van der Waals surface area contributed by atoms with E-state index in [9.17, 15) is 9.59 Å². The Labute approximate surface area is 155 Å². The minimum Gasteiger partial charge on any atom is -0.456 e. The van der Waals surface area contributed by atoms with Crippen LogP contribution in [0.25, 0.3) is 0 Å². The first-order chi connectivity index (χ1) is 12.5. The first kappa shape index (κ1) is 17.8. The maximum Gasteiger partial charge on any atom is 0.340 e. The SMILES string of the molecule is CC(=O)N(c1ccccc1)c1nc(COC(=O)c2ccc(C)nc2)cs1. The Morgan fingerprint density at radius 2 is 1.92 bits per heavy atom. The zero-order valence-corrected chi connectivity index (χ0v) is 15.2. The van der Waals surface area contributed by atoms with Crippen LogP contribution in [0.1, 0.15) is 28.7 Å². The number of benzene rings is 1. The van der Waals surface area contributed by atoms with Gasteiger partial charge in [0.1, 0.15) is 6.61 Å². The monoisotopic (exact) mass is 367 g/mol. The van der Waals surface area contributed by atoms with Crippen LogP contribution in [0.15, 0.2) is 54.0 Å². The second kappa shape index (κ2) is 7.88. The van der Waals surface area contributed by atoms with Crippen molar-refractivity contribution in [1.82, 2.24) is 9.97 Å². The molecule has 1 aromatic carbocycles. The van der Waals surface area contributed by atoms with E-state index in [0.29, 0.717) is 16.4 Å². The lowest BCUT2D eigenvalue weighted by Gasteiger charge is -2.17. The molecule has 7 heteroatoms. The average molecular weight is 367 g/mol. The number of aryl methyl sites for hydroxylation is 1. The molecular weight excluding hydrogens is 350 g/mol. The van der Waals surface area contributed by atoms with Crippen molar-refractivity contribution in [2.45, 2.75) is 20.5 Å². The summed E-state index contributed by atoms with van der Waals surface area (Å²) in [6.07, 6.45) is 1.48. The zero-order chi connectivity index (χ0) is 18.5. The summed E-state index contributed by atoms with van der Waals surface area (Å²) in [4.78, 5) is 34.1. The molecule has 26 heavy (non-hydrogen) atoms. The molecule has 6 nitrogen and oxygen atoms in total. The number of aromatic nitrogens is 2. The number of anilines is 2. The van der Waals surface area contributed by atoms with E-state index in [1.807, 2.05) is 37.3 Å². The summed E-state index contributed by atoms with van der Waals surface area (Å²) in [6.45, 7) is 3.36. The number of amides is 1. The summed E-state index contributed by atoms with van der Waals surface area (Å²) in [5.41, 5.74) is 2.54. The van der Waals surface area contributed by atoms with Gasteiger partial charge in [-0.05, 0) is 31.2 Å². The molecule has 3 rings (SSSR count). The van der Waals surface area contributed by atoms with Gasteiger partial charge in [0.05, 0.1) is 16.9 Å². The van der Waals surface area contributed by atoms with Crippen LogP contribution >= 0.6 is 11.3 Å². The van der Waals surface area contributed by atoms with Gasteiger partial charge in [-0.1, -0.05) is 18.2 Å². The van der Waals surface area contributed by atoms with Crippen molar-refractivity contribution in [2.75, 3.05) is 4.90 Å². The molecular formula is C19H17N3O3S. The third-order valence-corrected chi connectivity index (χ3v) is 4.43. The lowest BCUT2D eigenvalue weighted by Crippen LogP contribution is -2.22. The number of thiazole rings is 1. The van der Waals surface area contributed by atoms with Crippen molar-refractivity contribution in [1.29, 1.82) is 0 Å². The molecule has 0 saturated carbocycles. The van der Waals surface area contributed by atoms with Crippen LogP contribution in [0.5, 0.6) is 0 Å². The number of nitrogens with zero attached hydrogens (tertiary/aromatic N) is 3. The number of para-hydroxylation sites is 1. The fourth-order valence-corrected chi connectivity index (χ4v) is 3.15. The van der Waals surface area contributed by atoms with Gasteiger partial charge in [-0.25, -0.2) is 9.78 Å². The van der Waals surface area contributed by atoms with E-state index in [1.165, 1.54) is 29.4 Å². The van der Waals surface area contributed by atoms with E-state index < -0.39 is 5.97 Å². The van der Waals surface area contributed by atoms with Crippen LogP contribution in [0.2, 0.25) is 0 Å². The molecule has 1 amide bonds. The maximum atomic E-state index is 12.0. The first-order valence-corrected chi connectivity index (χ1v) is 8.82. The van der Waals surface area contributed by atoms with E-state index in [0.717, 1.165) is 11.4 Å². The maximum absolute atomic E-state index is 12.0. The number of esters is 1. The molecule has 0 saturated heterocycles. The minimum atomic E-state index is -0.460. The smallest absolute Gasteiger partial charge is 0.340 e. The number of hydrogen-bond donors (Lipinski definition) is 0. The Morgan fingerprint density at radius 1 is 1.15 bits per heavy atom. The Morgan fingerprint density at radius 3 is 2.58 bits per heavy atom. The van der Waals surface area contributed by atoms with Crippen molar-refractivity contribution < 1.29 is 14.3 Å². The second-order valence-corrected chi connectivity index (χ2v) is 6.41. The molecule has 3 aromatic rings. The molecule has 0 spiro atoms. The Bertz CT molecular complexity index is 907. The standard InChI is InChI=1S/C19H17N3O3S/c1-13-8-9-15(10-20-13)18(24)25-11-16-12-26-19(21-16)22(14(2)23)17-6-4-3-5-7-17/h3-10,12H,11H2,1-2H3. The molecule has 0 bridgehead atoms. The summed E-state index contributed by atoms with van der Waals surface area (Å²) in [6, 6.07) is 12.7. The summed E-state index contributed by atoms with van der Waals surface area (Å²) in [5.74, 6) is -0.599. The highest BCUT2D eigenvalue weighted by atomic mass is 32.1. The second-order valence-electron chi connectivity index (χ2n) is 5.58. The van der Waals surface area contributed by atoms with Crippen molar-refractivity contribution >= 4 is 34.0 Å². The van der Waals surface area contributed by atoms with Crippen LogP contribution in [0, 0.1) is 6.92 Å². The van der Waals surface area contributed by atoms with Crippen LogP contribution in [0.4, 0.5) is 10.8 Å². The molecule has 132 valence electrons. The fraction of sp³-hybridized carbons (Fsp3) is 0.158. The summed E-state index contributed by atoms with van der Waals surface area (Å²) < 4.78 is 5.28. The molecule has 0 fully saturated rings. The minimum absolute atomic E-state index is 0.0315. The van der Waals surface area contributed by atoms with E-state index in [1.54, 1.807) is 17.5 Å². The number of rotatable bonds is 5. The van der Waals surface area contributed by atoms with Gasteiger partial charge in [0.25, 0.3) is 0 Å². The fourth-order valence-electron chi connectivity index (χ4n) is 2.28. The molecule has 0 atom stereocenters. The predicted molar refractivity (Wildman–Crippen MR) is 99.5 cm³/mol. The third kappa shape index (κ3) is 4.12. The van der Waals surface area contributed by atoms with E-state index in [-0.39, 0.29) is 12.5 Å².